The molecule has 0 atom stereocenters. The Balaban J connectivity index is 1.60. The van der Waals surface area contributed by atoms with E-state index in [0.29, 0.717) is 23.3 Å². The molecule has 0 bridgehead atoms. The molecule has 1 aliphatic heterocycles. The van der Waals surface area contributed by atoms with Crippen molar-refractivity contribution in [3.63, 3.8) is 0 Å². The molecule has 3 aromatic carbocycles. The molecule has 4 rings (SSSR count). The third kappa shape index (κ3) is 4.18. The number of aromatic carboxylic acids is 1. The number of para-hydroxylation sites is 1. The molecule has 0 unspecified atom stereocenters. The topological polar surface area (TPSA) is 131 Å². The van der Waals surface area contributed by atoms with Crippen molar-refractivity contribution in [3.05, 3.63) is 77.6 Å². The quantitative estimate of drug-likeness (QED) is 0.516. The van der Waals surface area contributed by atoms with Gasteiger partial charge in [-0.2, -0.15) is 0 Å². The van der Waals surface area contributed by atoms with Crippen molar-refractivity contribution in [2.75, 3.05) is 16.8 Å². The molecule has 9 nitrogen and oxygen atoms in total. The largest absolute Gasteiger partial charge is 0.478 e. The number of rotatable bonds is 6. The Labute approximate surface area is 181 Å². The molecule has 0 saturated heterocycles. The maximum absolute atomic E-state index is 13.6. The van der Waals surface area contributed by atoms with Crippen molar-refractivity contribution in [2.45, 2.75) is 4.90 Å². The van der Waals surface area contributed by atoms with Crippen LogP contribution in [0.15, 0.2) is 65.6 Å². The van der Waals surface area contributed by atoms with Gasteiger partial charge >= 0.3 is 5.97 Å². The molecule has 11 heteroatoms. The monoisotopic (exact) mass is 458 g/mol. The summed E-state index contributed by atoms with van der Waals surface area (Å²) >= 11 is 0. The number of amides is 1. The van der Waals surface area contributed by atoms with Crippen LogP contribution in [0.4, 0.5) is 15.8 Å². The summed E-state index contributed by atoms with van der Waals surface area (Å²) in [7, 11) is -4.32. The number of hydrogen-bond donors (Lipinski definition) is 3. The average molecular weight is 458 g/mol. The molecule has 0 aromatic heterocycles. The van der Waals surface area contributed by atoms with Crippen molar-refractivity contribution in [2.24, 2.45) is 0 Å². The minimum absolute atomic E-state index is 0.00862. The Bertz CT molecular complexity index is 1340. The summed E-state index contributed by atoms with van der Waals surface area (Å²) in [5.74, 6) is -2.28. The number of benzene rings is 3. The van der Waals surface area contributed by atoms with Gasteiger partial charge in [-0.25, -0.2) is 17.6 Å². The van der Waals surface area contributed by atoms with Gasteiger partial charge in [-0.05, 0) is 42.5 Å². The molecule has 1 aliphatic rings. The third-order valence-corrected chi connectivity index (χ3v) is 5.89. The zero-order valence-corrected chi connectivity index (χ0v) is 17.0. The number of carboxylic acid groups (broad SMARTS) is 1. The Morgan fingerprint density at radius 2 is 1.69 bits per heavy atom. The fourth-order valence-corrected chi connectivity index (χ4v) is 4.09. The van der Waals surface area contributed by atoms with Gasteiger partial charge in [0.2, 0.25) is 6.79 Å². The van der Waals surface area contributed by atoms with E-state index in [4.69, 9.17) is 14.6 Å². The van der Waals surface area contributed by atoms with E-state index in [0.717, 1.165) is 12.1 Å². The Morgan fingerprint density at radius 1 is 0.938 bits per heavy atom. The summed E-state index contributed by atoms with van der Waals surface area (Å²) < 4.78 is 51.9. The predicted molar refractivity (Wildman–Crippen MR) is 111 cm³/mol. The predicted octanol–water partition coefficient (Wildman–Crippen LogP) is 3.31. The van der Waals surface area contributed by atoms with Crippen molar-refractivity contribution in [3.8, 4) is 11.5 Å². The first kappa shape index (κ1) is 21.1. The average Bonchev–Trinajstić information content (AvgIpc) is 3.21. The highest BCUT2D eigenvalue weighted by Gasteiger charge is 2.22. The van der Waals surface area contributed by atoms with Crippen LogP contribution in [0, 0.1) is 5.82 Å². The zero-order chi connectivity index (χ0) is 22.9. The van der Waals surface area contributed by atoms with Gasteiger partial charge in [-0.15, -0.1) is 0 Å². The number of carbonyl (C=O) groups is 2. The lowest BCUT2D eigenvalue weighted by Gasteiger charge is -2.13. The molecule has 0 fully saturated rings. The van der Waals surface area contributed by atoms with Crippen LogP contribution in [-0.4, -0.2) is 32.2 Å². The van der Waals surface area contributed by atoms with E-state index in [9.17, 15) is 22.4 Å². The first-order chi connectivity index (χ1) is 15.2. The molecule has 3 aromatic rings. The molecular weight excluding hydrogens is 443 g/mol. The molecular formula is C21H15FN2O7S. The second kappa shape index (κ2) is 8.19. The van der Waals surface area contributed by atoms with Crippen molar-refractivity contribution < 1.29 is 37.0 Å². The third-order valence-electron chi connectivity index (χ3n) is 4.52. The SMILES string of the molecule is O=C(O)c1cc(S(=O)(=O)Nc2ccccc2C(=O)Nc2ccc3c(c2)OCO3)ccc1F. The van der Waals surface area contributed by atoms with Crippen LogP contribution in [0.25, 0.3) is 0 Å². The Hall–Kier alpha value is -4.12. The number of fused-ring (bicyclic) bond motifs is 1. The van der Waals surface area contributed by atoms with Gasteiger partial charge in [-0.3, -0.25) is 9.52 Å². The zero-order valence-electron chi connectivity index (χ0n) is 16.2. The van der Waals surface area contributed by atoms with E-state index in [1.807, 2.05) is 0 Å². The van der Waals surface area contributed by atoms with E-state index >= 15 is 0 Å². The van der Waals surface area contributed by atoms with Gasteiger partial charge in [0.1, 0.15) is 5.82 Å². The highest BCUT2D eigenvalue weighted by molar-refractivity contribution is 7.92. The van der Waals surface area contributed by atoms with E-state index < -0.39 is 38.2 Å². The number of nitrogens with one attached hydrogen (secondary N) is 2. The van der Waals surface area contributed by atoms with Crippen LogP contribution in [0.5, 0.6) is 11.5 Å². The van der Waals surface area contributed by atoms with Gasteiger partial charge in [0.25, 0.3) is 15.9 Å². The van der Waals surface area contributed by atoms with Crippen LogP contribution >= 0.6 is 0 Å². The molecule has 3 N–H and O–H groups in total. The minimum atomic E-state index is -4.32. The van der Waals surface area contributed by atoms with Crippen LogP contribution in [0.1, 0.15) is 20.7 Å². The lowest BCUT2D eigenvalue weighted by molar-refractivity contribution is 0.0691. The summed E-state index contributed by atoms with van der Waals surface area (Å²) in [6, 6.07) is 13.0. The van der Waals surface area contributed by atoms with Crippen molar-refractivity contribution in [1.82, 2.24) is 0 Å². The highest BCUT2D eigenvalue weighted by Crippen LogP contribution is 2.34. The van der Waals surface area contributed by atoms with E-state index in [2.05, 4.69) is 10.0 Å². The Morgan fingerprint density at radius 3 is 2.47 bits per heavy atom. The second-order valence-corrected chi connectivity index (χ2v) is 8.30. The van der Waals surface area contributed by atoms with Gasteiger partial charge in [-0.1, -0.05) is 12.1 Å². The number of carboxylic acids is 1. The molecule has 32 heavy (non-hydrogen) atoms. The minimum Gasteiger partial charge on any atom is -0.478 e. The fourth-order valence-electron chi connectivity index (χ4n) is 2.98. The molecule has 0 radical (unpaired) electrons. The molecule has 164 valence electrons. The number of ether oxygens (including phenoxy) is 2. The number of anilines is 2. The summed E-state index contributed by atoms with van der Waals surface area (Å²) in [5.41, 5.74) is -0.426. The number of hydrogen-bond acceptors (Lipinski definition) is 6. The summed E-state index contributed by atoms with van der Waals surface area (Å²) in [5, 5.41) is 11.7. The van der Waals surface area contributed by atoms with Crippen LogP contribution in [0.3, 0.4) is 0 Å². The van der Waals surface area contributed by atoms with E-state index in [1.54, 1.807) is 24.3 Å². The van der Waals surface area contributed by atoms with Crippen LogP contribution in [-0.2, 0) is 10.0 Å². The maximum atomic E-state index is 13.6. The van der Waals surface area contributed by atoms with Gasteiger partial charge in [0.15, 0.2) is 11.5 Å². The number of carbonyl (C=O) groups excluding carboxylic acids is 1. The summed E-state index contributed by atoms with van der Waals surface area (Å²) in [6.45, 7) is 0.0737. The Kier molecular flexibility index (Phi) is 5.41. The maximum Gasteiger partial charge on any atom is 0.338 e. The molecule has 0 saturated carbocycles. The molecule has 1 amide bonds. The highest BCUT2D eigenvalue weighted by atomic mass is 32.2. The molecule has 1 heterocycles. The van der Waals surface area contributed by atoms with Crippen molar-refractivity contribution in [1.29, 1.82) is 0 Å². The van der Waals surface area contributed by atoms with E-state index in [-0.39, 0.29) is 18.0 Å². The normalized spacial score (nSPS) is 12.3. The van der Waals surface area contributed by atoms with Crippen LogP contribution < -0.4 is 19.5 Å². The second-order valence-electron chi connectivity index (χ2n) is 6.62. The smallest absolute Gasteiger partial charge is 0.338 e. The number of sulfonamides is 1. The lowest BCUT2D eigenvalue weighted by Crippen LogP contribution is -2.19. The standard InChI is InChI=1S/C21H15FN2O7S/c22-16-7-6-13(10-15(16)21(26)27)32(28,29)24-17-4-2-1-3-14(17)20(25)23-12-5-8-18-19(9-12)31-11-30-18/h1-10,24H,11H2,(H,23,25)(H,26,27). The first-order valence-corrected chi connectivity index (χ1v) is 10.6. The van der Waals surface area contributed by atoms with Crippen LogP contribution in [0.2, 0.25) is 0 Å². The summed E-state index contributed by atoms with van der Waals surface area (Å²) in [6.07, 6.45) is 0. The fraction of sp³-hybridized carbons (Fsp3) is 0.0476. The van der Waals surface area contributed by atoms with Crippen molar-refractivity contribution >= 4 is 33.3 Å². The first-order valence-electron chi connectivity index (χ1n) is 9.10. The number of halogens is 1. The van der Waals surface area contributed by atoms with Gasteiger partial charge in [0.05, 0.1) is 21.7 Å². The van der Waals surface area contributed by atoms with E-state index in [1.165, 1.54) is 18.2 Å². The molecule has 0 aliphatic carbocycles. The van der Waals surface area contributed by atoms with Gasteiger partial charge < -0.3 is 19.9 Å². The lowest BCUT2D eigenvalue weighted by atomic mass is 10.1. The molecule has 0 spiro atoms. The van der Waals surface area contributed by atoms with Gasteiger partial charge in [0, 0.05) is 11.8 Å². The summed E-state index contributed by atoms with van der Waals surface area (Å²) in [4.78, 5) is 23.5.